The number of hydrogen-bond donors (Lipinski definition) is 1. The number of carbonyl (C=O) groups excluding carboxylic acids is 1. The molecule has 1 N–H and O–H groups in total. The molecule has 1 aromatic carbocycles. The molecule has 138 valence electrons. The van der Waals surface area contributed by atoms with Crippen molar-refractivity contribution in [1.82, 2.24) is 30.4 Å². The van der Waals surface area contributed by atoms with Crippen LogP contribution in [0.5, 0.6) is 0 Å². The zero-order valence-corrected chi connectivity index (χ0v) is 15.2. The number of benzene rings is 1. The summed E-state index contributed by atoms with van der Waals surface area (Å²) in [6.45, 7) is 4.42. The molecule has 2 heterocycles. The first-order valence-corrected chi connectivity index (χ1v) is 9.56. The molecule has 4 rings (SSSR count). The van der Waals surface area contributed by atoms with Crippen molar-refractivity contribution in [2.24, 2.45) is 5.92 Å². The van der Waals surface area contributed by atoms with Crippen LogP contribution in [0.4, 0.5) is 0 Å². The maximum absolute atomic E-state index is 13.2. The standard InChI is InChI=1S/C19H26N6O/c1-14-9-11-24(12-10-14)19(26)18(15-5-3-2-4-6-15)20-13-17-21-22-23-25(17)16-7-8-16/h2-6,14,16,18,20H,7-13H2,1H3/t18-/m0/s1. The van der Waals surface area contributed by atoms with Crippen LogP contribution < -0.4 is 5.32 Å². The Kier molecular flexibility index (Phi) is 4.97. The topological polar surface area (TPSA) is 75.9 Å². The number of rotatable bonds is 6. The highest BCUT2D eigenvalue weighted by Gasteiger charge is 2.30. The van der Waals surface area contributed by atoms with Crippen LogP contribution in [0.1, 0.15) is 56.1 Å². The van der Waals surface area contributed by atoms with Crippen LogP contribution in [0.2, 0.25) is 0 Å². The van der Waals surface area contributed by atoms with Gasteiger partial charge in [0.15, 0.2) is 5.82 Å². The Balaban J connectivity index is 1.49. The van der Waals surface area contributed by atoms with Gasteiger partial charge >= 0.3 is 0 Å². The Bertz CT molecular complexity index is 733. The molecule has 1 aromatic heterocycles. The summed E-state index contributed by atoms with van der Waals surface area (Å²) in [6, 6.07) is 10.00. The molecule has 0 bridgehead atoms. The molecule has 7 heteroatoms. The number of hydrogen-bond acceptors (Lipinski definition) is 5. The first-order chi connectivity index (χ1) is 12.7. The number of amides is 1. The summed E-state index contributed by atoms with van der Waals surface area (Å²) in [6.07, 6.45) is 4.41. The molecule has 0 radical (unpaired) electrons. The molecule has 2 fully saturated rings. The van der Waals surface area contributed by atoms with E-state index in [9.17, 15) is 4.79 Å². The summed E-state index contributed by atoms with van der Waals surface area (Å²) in [4.78, 5) is 15.2. The maximum Gasteiger partial charge on any atom is 0.244 e. The van der Waals surface area contributed by atoms with E-state index in [0.717, 1.165) is 50.2 Å². The Morgan fingerprint density at radius 3 is 2.62 bits per heavy atom. The Hall–Kier alpha value is -2.28. The Labute approximate surface area is 153 Å². The zero-order chi connectivity index (χ0) is 17.9. The number of aromatic nitrogens is 4. The Morgan fingerprint density at radius 1 is 1.19 bits per heavy atom. The highest BCUT2D eigenvalue weighted by Crippen LogP contribution is 2.34. The second-order valence-corrected chi connectivity index (χ2v) is 7.50. The fourth-order valence-electron chi connectivity index (χ4n) is 3.53. The van der Waals surface area contributed by atoms with Crippen molar-refractivity contribution in [3.63, 3.8) is 0 Å². The highest BCUT2D eigenvalue weighted by atomic mass is 16.2. The molecule has 1 atom stereocenters. The minimum absolute atomic E-state index is 0.147. The summed E-state index contributed by atoms with van der Waals surface area (Å²) < 4.78 is 1.89. The largest absolute Gasteiger partial charge is 0.341 e. The molecule has 0 unspecified atom stereocenters. The third kappa shape index (κ3) is 3.77. The van der Waals surface area contributed by atoms with Gasteiger partial charge in [-0.05, 0) is 47.6 Å². The lowest BCUT2D eigenvalue weighted by molar-refractivity contribution is -0.135. The molecular weight excluding hydrogens is 328 g/mol. The quantitative estimate of drug-likeness (QED) is 0.860. The highest BCUT2D eigenvalue weighted by molar-refractivity contribution is 5.83. The molecule has 0 spiro atoms. The summed E-state index contributed by atoms with van der Waals surface area (Å²) in [5, 5.41) is 15.5. The summed E-state index contributed by atoms with van der Waals surface area (Å²) in [5.74, 6) is 1.65. The lowest BCUT2D eigenvalue weighted by Crippen LogP contribution is -2.44. The van der Waals surface area contributed by atoms with Crippen molar-refractivity contribution < 1.29 is 4.79 Å². The zero-order valence-electron chi connectivity index (χ0n) is 15.2. The minimum Gasteiger partial charge on any atom is -0.341 e. The van der Waals surface area contributed by atoms with E-state index in [-0.39, 0.29) is 11.9 Å². The van der Waals surface area contributed by atoms with Gasteiger partial charge in [0.2, 0.25) is 5.91 Å². The predicted octanol–water partition coefficient (Wildman–Crippen LogP) is 2.10. The van der Waals surface area contributed by atoms with Gasteiger partial charge in [0.1, 0.15) is 6.04 Å². The van der Waals surface area contributed by atoms with E-state index < -0.39 is 0 Å². The molecule has 2 aromatic rings. The second-order valence-electron chi connectivity index (χ2n) is 7.50. The normalized spacial score (nSPS) is 19.5. The molecule has 1 saturated heterocycles. The summed E-state index contributed by atoms with van der Waals surface area (Å²) >= 11 is 0. The molecule has 1 aliphatic carbocycles. The lowest BCUT2D eigenvalue weighted by atomic mass is 9.97. The van der Waals surface area contributed by atoms with Crippen LogP contribution >= 0.6 is 0 Å². The molecule has 26 heavy (non-hydrogen) atoms. The summed E-state index contributed by atoms with van der Waals surface area (Å²) in [7, 11) is 0. The number of carbonyl (C=O) groups is 1. The van der Waals surface area contributed by atoms with Crippen LogP contribution in [0.3, 0.4) is 0 Å². The second kappa shape index (κ2) is 7.53. The molecule has 2 aliphatic rings. The lowest BCUT2D eigenvalue weighted by Gasteiger charge is -2.33. The number of nitrogens with zero attached hydrogens (tertiary/aromatic N) is 5. The molecule has 7 nitrogen and oxygen atoms in total. The average molecular weight is 354 g/mol. The van der Waals surface area contributed by atoms with E-state index in [2.05, 4.69) is 27.8 Å². The van der Waals surface area contributed by atoms with Crippen molar-refractivity contribution in [3.05, 3.63) is 41.7 Å². The maximum atomic E-state index is 13.2. The fourth-order valence-corrected chi connectivity index (χ4v) is 3.53. The van der Waals surface area contributed by atoms with E-state index in [1.165, 1.54) is 0 Å². The molecule has 1 aliphatic heterocycles. The molecular formula is C19H26N6O. The van der Waals surface area contributed by atoms with Gasteiger partial charge in [-0.15, -0.1) is 5.10 Å². The third-order valence-corrected chi connectivity index (χ3v) is 5.39. The van der Waals surface area contributed by atoms with Gasteiger partial charge in [0, 0.05) is 13.1 Å². The van der Waals surface area contributed by atoms with Crippen LogP contribution in [0.15, 0.2) is 30.3 Å². The Morgan fingerprint density at radius 2 is 1.92 bits per heavy atom. The SMILES string of the molecule is CC1CCN(C(=O)[C@@H](NCc2nnnn2C2CC2)c2ccccc2)CC1. The number of tetrazole rings is 1. The van der Waals surface area contributed by atoms with Crippen LogP contribution in [0, 0.1) is 5.92 Å². The van der Waals surface area contributed by atoms with E-state index >= 15 is 0 Å². The average Bonchev–Trinajstić information content (AvgIpc) is 3.41. The van der Waals surface area contributed by atoms with Crippen molar-refractivity contribution in [2.75, 3.05) is 13.1 Å². The van der Waals surface area contributed by atoms with Crippen LogP contribution in [-0.2, 0) is 11.3 Å². The number of nitrogens with one attached hydrogen (secondary N) is 1. The minimum atomic E-state index is -0.367. The van der Waals surface area contributed by atoms with Gasteiger partial charge in [-0.2, -0.15) is 0 Å². The van der Waals surface area contributed by atoms with Gasteiger partial charge < -0.3 is 4.90 Å². The first-order valence-electron chi connectivity index (χ1n) is 9.56. The van der Waals surface area contributed by atoms with Crippen molar-refractivity contribution in [3.8, 4) is 0 Å². The van der Waals surface area contributed by atoms with Gasteiger partial charge in [-0.3, -0.25) is 10.1 Å². The number of likely N-dealkylation sites (tertiary alicyclic amines) is 1. The predicted molar refractivity (Wildman–Crippen MR) is 97.1 cm³/mol. The van der Waals surface area contributed by atoms with Gasteiger partial charge in [0.25, 0.3) is 0 Å². The van der Waals surface area contributed by atoms with E-state index in [1.807, 2.05) is 39.9 Å². The molecule has 1 amide bonds. The van der Waals surface area contributed by atoms with Gasteiger partial charge in [-0.1, -0.05) is 37.3 Å². The van der Waals surface area contributed by atoms with Crippen molar-refractivity contribution >= 4 is 5.91 Å². The van der Waals surface area contributed by atoms with Crippen LogP contribution in [0.25, 0.3) is 0 Å². The molecule has 1 saturated carbocycles. The number of piperidine rings is 1. The first kappa shape index (κ1) is 17.1. The van der Waals surface area contributed by atoms with E-state index in [0.29, 0.717) is 18.5 Å². The van der Waals surface area contributed by atoms with Crippen LogP contribution in [-0.4, -0.2) is 44.1 Å². The smallest absolute Gasteiger partial charge is 0.244 e. The fraction of sp³-hybridized carbons (Fsp3) is 0.579. The van der Waals surface area contributed by atoms with Crippen molar-refractivity contribution in [2.45, 2.75) is 51.2 Å². The monoisotopic (exact) mass is 354 g/mol. The van der Waals surface area contributed by atoms with E-state index in [4.69, 9.17) is 0 Å². The van der Waals surface area contributed by atoms with Gasteiger partial charge in [0.05, 0.1) is 12.6 Å². The summed E-state index contributed by atoms with van der Waals surface area (Å²) in [5.41, 5.74) is 0.988. The van der Waals surface area contributed by atoms with Gasteiger partial charge in [-0.25, -0.2) is 4.68 Å². The van der Waals surface area contributed by atoms with E-state index in [1.54, 1.807) is 0 Å². The third-order valence-electron chi connectivity index (χ3n) is 5.39. The van der Waals surface area contributed by atoms with Crippen molar-refractivity contribution in [1.29, 1.82) is 0 Å².